The average Bonchev–Trinajstić information content (AvgIpc) is 3.06. The summed E-state index contributed by atoms with van der Waals surface area (Å²) in [5.74, 6) is -0.957. The van der Waals surface area contributed by atoms with Crippen LogP contribution in [0.2, 0.25) is 0 Å². The van der Waals surface area contributed by atoms with E-state index in [9.17, 15) is 18.0 Å². The maximum Gasteiger partial charge on any atom is 0.306 e. The highest BCUT2D eigenvalue weighted by molar-refractivity contribution is 7.90. The summed E-state index contributed by atoms with van der Waals surface area (Å²) >= 11 is 1.64. The van der Waals surface area contributed by atoms with Gasteiger partial charge in [0, 0.05) is 22.1 Å². The minimum Gasteiger partial charge on any atom is -0.481 e. The molecule has 5 rings (SSSR count). The zero-order valence-corrected chi connectivity index (χ0v) is 22.8. The second kappa shape index (κ2) is 9.40. The van der Waals surface area contributed by atoms with Gasteiger partial charge in [-0.05, 0) is 85.8 Å². The molecule has 2 saturated carbocycles. The molecular formula is C29H31NO5S2. The lowest BCUT2D eigenvalue weighted by molar-refractivity contribution is -0.155. The molecule has 2 aliphatic carbocycles. The first-order valence-electron chi connectivity index (χ1n) is 12.5. The molecule has 6 nitrogen and oxygen atoms in total. The molecule has 1 amide bonds. The van der Waals surface area contributed by atoms with Gasteiger partial charge in [-0.3, -0.25) is 9.59 Å². The number of aliphatic carboxylic acids is 1. The van der Waals surface area contributed by atoms with E-state index in [2.05, 4.69) is 24.4 Å². The van der Waals surface area contributed by atoms with Crippen molar-refractivity contribution >= 4 is 33.1 Å². The van der Waals surface area contributed by atoms with E-state index in [1.54, 1.807) is 23.5 Å². The van der Waals surface area contributed by atoms with Crippen LogP contribution in [-0.4, -0.2) is 37.7 Å². The number of carboxylic acids is 1. The highest BCUT2D eigenvalue weighted by atomic mass is 32.2. The second-order valence-electron chi connectivity index (χ2n) is 10.8. The SMILES string of the molecule is Cc1sc(C)c(C(=O)NC2CC3(C2)CC(C(=O)O)C3)c1Cc1ccc(-c2ccc(S(C)(=O)=O)cc2)cc1. The molecular weight excluding hydrogens is 506 g/mol. The average molecular weight is 538 g/mol. The molecule has 0 unspecified atom stereocenters. The second-order valence-corrected chi connectivity index (χ2v) is 14.2. The summed E-state index contributed by atoms with van der Waals surface area (Å²) in [6.07, 6.45) is 5.05. The zero-order chi connectivity index (χ0) is 26.5. The quantitative estimate of drug-likeness (QED) is 0.420. The van der Waals surface area contributed by atoms with Crippen LogP contribution in [0.4, 0.5) is 0 Å². The molecule has 1 spiro atoms. The number of carbonyl (C=O) groups excluding carboxylic acids is 1. The number of hydrogen-bond acceptors (Lipinski definition) is 5. The summed E-state index contributed by atoms with van der Waals surface area (Å²) in [6.45, 7) is 4.05. The van der Waals surface area contributed by atoms with Crippen molar-refractivity contribution in [2.75, 3.05) is 6.26 Å². The Labute approximate surface area is 221 Å². The Balaban J connectivity index is 1.25. The number of aryl methyl sites for hydroxylation is 2. The van der Waals surface area contributed by atoms with Crippen LogP contribution in [0.3, 0.4) is 0 Å². The molecule has 0 bridgehead atoms. The summed E-state index contributed by atoms with van der Waals surface area (Å²) in [4.78, 5) is 26.9. The highest BCUT2D eigenvalue weighted by Gasteiger charge is 2.55. The smallest absolute Gasteiger partial charge is 0.306 e. The Bertz CT molecular complexity index is 1460. The molecule has 2 fully saturated rings. The van der Waals surface area contributed by atoms with Crippen LogP contribution in [0, 0.1) is 25.2 Å². The van der Waals surface area contributed by atoms with Gasteiger partial charge in [0.25, 0.3) is 5.91 Å². The van der Waals surface area contributed by atoms with Gasteiger partial charge in [0.15, 0.2) is 9.84 Å². The third-order valence-electron chi connectivity index (χ3n) is 7.96. The van der Waals surface area contributed by atoms with Gasteiger partial charge in [0.2, 0.25) is 0 Å². The van der Waals surface area contributed by atoms with Crippen LogP contribution in [0.15, 0.2) is 53.4 Å². The molecule has 37 heavy (non-hydrogen) atoms. The fourth-order valence-electron chi connectivity index (χ4n) is 5.99. The first-order chi connectivity index (χ1) is 17.4. The number of rotatable bonds is 7. The largest absolute Gasteiger partial charge is 0.481 e. The molecule has 0 atom stereocenters. The lowest BCUT2D eigenvalue weighted by atomic mass is 9.50. The fourth-order valence-corrected chi connectivity index (χ4v) is 7.70. The molecule has 194 valence electrons. The number of nitrogens with one attached hydrogen (secondary N) is 1. The summed E-state index contributed by atoms with van der Waals surface area (Å²) in [7, 11) is -3.22. The Morgan fingerprint density at radius 1 is 0.946 bits per heavy atom. The van der Waals surface area contributed by atoms with Gasteiger partial charge in [-0.1, -0.05) is 36.4 Å². The Morgan fingerprint density at radius 2 is 1.51 bits per heavy atom. The minimum atomic E-state index is -3.22. The fraction of sp³-hybridized carbons (Fsp3) is 0.379. The molecule has 0 aliphatic heterocycles. The summed E-state index contributed by atoms with van der Waals surface area (Å²) in [5.41, 5.74) is 4.98. The van der Waals surface area contributed by atoms with E-state index < -0.39 is 15.8 Å². The Hall–Kier alpha value is -2.97. The zero-order valence-electron chi connectivity index (χ0n) is 21.2. The van der Waals surface area contributed by atoms with Gasteiger partial charge in [0.1, 0.15) is 0 Å². The summed E-state index contributed by atoms with van der Waals surface area (Å²) < 4.78 is 23.4. The van der Waals surface area contributed by atoms with Crippen LogP contribution < -0.4 is 5.32 Å². The number of amides is 1. The van der Waals surface area contributed by atoms with E-state index in [-0.39, 0.29) is 23.3 Å². The molecule has 2 aliphatic rings. The van der Waals surface area contributed by atoms with E-state index in [4.69, 9.17) is 5.11 Å². The molecule has 8 heteroatoms. The van der Waals surface area contributed by atoms with Crippen LogP contribution in [-0.2, 0) is 21.1 Å². The predicted molar refractivity (Wildman–Crippen MR) is 145 cm³/mol. The van der Waals surface area contributed by atoms with Crippen molar-refractivity contribution in [3.05, 3.63) is 75.0 Å². The van der Waals surface area contributed by atoms with Gasteiger partial charge in [-0.25, -0.2) is 8.42 Å². The van der Waals surface area contributed by atoms with Gasteiger partial charge >= 0.3 is 5.97 Å². The van der Waals surface area contributed by atoms with Gasteiger partial charge in [-0.15, -0.1) is 11.3 Å². The maximum absolute atomic E-state index is 13.3. The van der Waals surface area contributed by atoms with Gasteiger partial charge in [-0.2, -0.15) is 0 Å². The number of benzene rings is 2. The van der Waals surface area contributed by atoms with Crippen LogP contribution in [0.1, 0.15) is 56.9 Å². The standard InChI is InChI=1S/C29H31NO5S2/c1-17-25(12-19-4-6-20(7-5-19)21-8-10-24(11-9-21)37(3,34)35)26(18(2)36-17)27(31)30-23-15-29(16-23)13-22(14-29)28(32)33/h4-11,22-23H,12-16H2,1-3H3,(H,30,31)(H,32,33). The Kier molecular flexibility index (Phi) is 6.52. The van der Waals surface area contributed by atoms with E-state index in [0.29, 0.717) is 11.3 Å². The topological polar surface area (TPSA) is 101 Å². The normalized spacial score (nSPS) is 22.8. The van der Waals surface area contributed by atoms with Gasteiger partial charge < -0.3 is 10.4 Å². The van der Waals surface area contributed by atoms with E-state index in [1.807, 2.05) is 31.2 Å². The van der Waals surface area contributed by atoms with Crippen molar-refractivity contribution in [2.24, 2.45) is 11.3 Å². The summed E-state index contributed by atoms with van der Waals surface area (Å²) in [5, 5.41) is 12.4. The number of hydrogen-bond donors (Lipinski definition) is 2. The third kappa shape index (κ3) is 5.09. The molecule has 2 aromatic carbocycles. The van der Waals surface area contributed by atoms with Gasteiger partial charge in [0.05, 0.1) is 16.4 Å². The van der Waals surface area contributed by atoms with E-state index >= 15 is 0 Å². The highest BCUT2D eigenvalue weighted by Crippen LogP contribution is 2.58. The molecule has 0 saturated heterocycles. The monoisotopic (exact) mass is 537 g/mol. The molecule has 1 aromatic heterocycles. The molecule has 2 N–H and O–H groups in total. The summed E-state index contributed by atoms with van der Waals surface area (Å²) in [6, 6.07) is 15.2. The molecule has 0 radical (unpaired) electrons. The van der Waals surface area contributed by atoms with Crippen molar-refractivity contribution in [3.63, 3.8) is 0 Å². The predicted octanol–water partition coefficient (Wildman–Crippen LogP) is 5.40. The van der Waals surface area contributed by atoms with Crippen LogP contribution >= 0.6 is 11.3 Å². The lowest BCUT2D eigenvalue weighted by Gasteiger charge is -2.56. The van der Waals surface area contributed by atoms with Crippen LogP contribution in [0.25, 0.3) is 11.1 Å². The number of thiophene rings is 1. The lowest BCUT2D eigenvalue weighted by Crippen LogP contribution is -2.57. The Morgan fingerprint density at radius 3 is 2.05 bits per heavy atom. The van der Waals surface area contributed by atoms with Crippen molar-refractivity contribution in [1.82, 2.24) is 5.32 Å². The number of sulfone groups is 1. The number of carboxylic acid groups (broad SMARTS) is 1. The number of carbonyl (C=O) groups is 2. The van der Waals surface area contributed by atoms with Crippen molar-refractivity contribution < 1.29 is 23.1 Å². The first kappa shape index (κ1) is 25.7. The van der Waals surface area contributed by atoms with Crippen LogP contribution in [0.5, 0.6) is 0 Å². The molecule has 1 heterocycles. The van der Waals surface area contributed by atoms with Crippen molar-refractivity contribution in [3.8, 4) is 11.1 Å². The van der Waals surface area contributed by atoms with E-state index in [1.165, 1.54) is 6.26 Å². The first-order valence-corrected chi connectivity index (χ1v) is 15.2. The minimum absolute atomic E-state index is 0.0339. The third-order valence-corrected chi connectivity index (χ3v) is 10.2. The van der Waals surface area contributed by atoms with E-state index in [0.717, 1.165) is 63.3 Å². The molecule has 3 aromatic rings. The van der Waals surface area contributed by atoms with Crippen molar-refractivity contribution in [1.29, 1.82) is 0 Å². The maximum atomic E-state index is 13.3. The van der Waals surface area contributed by atoms with Crippen molar-refractivity contribution in [2.45, 2.75) is 56.9 Å².